The molecule has 130 valence electrons. The molecular weight excluding hydrogens is 365 g/mol. The van der Waals surface area contributed by atoms with Crippen LogP contribution in [0.5, 0.6) is 0 Å². The minimum Gasteiger partial charge on any atom is -0.462 e. The van der Waals surface area contributed by atoms with Gasteiger partial charge in [0.2, 0.25) is 5.91 Å². The van der Waals surface area contributed by atoms with Gasteiger partial charge in [0.1, 0.15) is 5.82 Å². The van der Waals surface area contributed by atoms with Gasteiger partial charge in [-0.05, 0) is 42.8 Å². The van der Waals surface area contributed by atoms with Crippen LogP contribution in [-0.4, -0.2) is 24.2 Å². The summed E-state index contributed by atoms with van der Waals surface area (Å²) in [5.41, 5.74) is 1.65. The van der Waals surface area contributed by atoms with E-state index in [0.29, 0.717) is 22.6 Å². The normalized spacial score (nSPS) is 13.6. The lowest BCUT2D eigenvalue weighted by Gasteiger charge is -2.29. The van der Waals surface area contributed by atoms with E-state index in [0.717, 1.165) is 4.90 Å². The summed E-state index contributed by atoms with van der Waals surface area (Å²) in [6.07, 6.45) is 0. The smallest absolute Gasteiger partial charge is 0.338 e. The van der Waals surface area contributed by atoms with Crippen molar-refractivity contribution >= 4 is 40.9 Å². The Labute approximate surface area is 153 Å². The number of nitrogens with zero attached hydrogens (tertiary/aromatic N) is 1. The molecule has 0 atom stereocenters. The molecule has 2 aromatic rings. The van der Waals surface area contributed by atoms with Crippen molar-refractivity contribution in [2.24, 2.45) is 0 Å². The molecule has 0 spiro atoms. The summed E-state index contributed by atoms with van der Waals surface area (Å²) in [6.45, 7) is 2.22. The van der Waals surface area contributed by atoms with E-state index < -0.39 is 11.8 Å². The van der Waals surface area contributed by atoms with E-state index in [2.05, 4.69) is 0 Å². The standard InChI is InChI=1S/C18H15ClFNO3S/c1-2-24-18(23)11-4-6-16-15(7-11)21(17(22)10-25-16)9-12-3-5-13(20)8-14(12)19/h3-8H,2,9-10H2,1H3. The maximum atomic E-state index is 13.2. The molecule has 0 bridgehead atoms. The SMILES string of the molecule is CCOC(=O)c1ccc2c(c1)N(Cc1ccc(F)cc1Cl)C(=O)CS2. The second-order valence-corrected chi connectivity index (χ2v) is 6.83. The van der Waals surface area contributed by atoms with Crippen molar-refractivity contribution < 1.29 is 18.7 Å². The molecule has 0 fully saturated rings. The summed E-state index contributed by atoms with van der Waals surface area (Å²) >= 11 is 7.50. The molecule has 0 radical (unpaired) electrons. The molecule has 1 heterocycles. The summed E-state index contributed by atoms with van der Waals surface area (Å²) in [4.78, 5) is 26.8. The fraction of sp³-hybridized carbons (Fsp3) is 0.222. The van der Waals surface area contributed by atoms with Gasteiger partial charge in [0, 0.05) is 9.92 Å². The minimum absolute atomic E-state index is 0.0982. The fourth-order valence-corrected chi connectivity index (χ4v) is 3.68. The molecule has 0 aromatic heterocycles. The van der Waals surface area contributed by atoms with E-state index in [1.807, 2.05) is 0 Å². The number of thioether (sulfide) groups is 1. The van der Waals surface area contributed by atoms with Crippen molar-refractivity contribution in [3.05, 3.63) is 58.4 Å². The van der Waals surface area contributed by atoms with E-state index >= 15 is 0 Å². The number of benzene rings is 2. The van der Waals surface area contributed by atoms with Gasteiger partial charge in [-0.25, -0.2) is 9.18 Å². The highest BCUT2D eigenvalue weighted by atomic mass is 35.5. The zero-order valence-corrected chi connectivity index (χ0v) is 15.0. The summed E-state index contributed by atoms with van der Waals surface area (Å²) in [7, 11) is 0. The lowest BCUT2D eigenvalue weighted by Crippen LogP contribution is -2.35. The van der Waals surface area contributed by atoms with E-state index in [4.69, 9.17) is 16.3 Å². The van der Waals surface area contributed by atoms with Crippen LogP contribution in [0.2, 0.25) is 5.02 Å². The molecule has 0 unspecified atom stereocenters. The average Bonchev–Trinajstić information content (AvgIpc) is 2.59. The second-order valence-electron chi connectivity index (χ2n) is 5.41. The van der Waals surface area contributed by atoms with Gasteiger partial charge < -0.3 is 9.64 Å². The van der Waals surface area contributed by atoms with Gasteiger partial charge in [-0.2, -0.15) is 0 Å². The number of carbonyl (C=O) groups excluding carboxylic acids is 2. The first-order chi connectivity index (χ1) is 12.0. The zero-order valence-electron chi connectivity index (χ0n) is 13.4. The Balaban J connectivity index is 1.96. The number of halogens is 2. The summed E-state index contributed by atoms with van der Waals surface area (Å²) in [6, 6.07) is 9.22. The Hall–Kier alpha value is -2.05. The first-order valence-electron chi connectivity index (χ1n) is 7.68. The Kier molecular flexibility index (Phi) is 5.30. The molecule has 2 aromatic carbocycles. The van der Waals surface area contributed by atoms with Gasteiger partial charge in [-0.15, -0.1) is 11.8 Å². The first kappa shape index (κ1) is 17.8. The van der Waals surface area contributed by atoms with Crippen LogP contribution in [0.25, 0.3) is 0 Å². The average molecular weight is 380 g/mol. The Bertz CT molecular complexity index is 843. The number of anilines is 1. The lowest BCUT2D eigenvalue weighted by molar-refractivity contribution is -0.116. The third-order valence-electron chi connectivity index (χ3n) is 3.76. The highest BCUT2D eigenvalue weighted by Gasteiger charge is 2.26. The monoisotopic (exact) mass is 379 g/mol. The van der Waals surface area contributed by atoms with Crippen molar-refractivity contribution in [1.82, 2.24) is 0 Å². The minimum atomic E-state index is -0.437. The molecule has 1 amide bonds. The zero-order chi connectivity index (χ0) is 18.0. The molecule has 3 rings (SSSR count). The van der Waals surface area contributed by atoms with Crippen molar-refractivity contribution in [3.8, 4) is 0 Å². The van der Waals surface area contributed by atoms with Crippen molar-refractivity contribution in [1.29, 1.82) is 0 Å². The third kappa shape index (κ3) is 3.80. The molecule has 0 N–H and O–H groups in total. The predicted molar refractivity (Wildman–Crippen MR) is 95.7 cm³/mol. The Morgan fingerprint density at radius 3 is 2.84 bits per heavy atom. The molecule has 7 heteroatoms. The van der Waals surface area contributed by atoms with Gasteiger partial charge in [-0.3, -0.25) is 4.79 Å². The lowest BCUT2D eigenvalue weighted by atomic mass is 10.1. The summed E-state index contributed by atoms with van der Waals surface area (Å²) in [5.74, 6) is -0.670. The van der Waals surface area contributed by atoms with E-state index in [1.165, 1.54) is 23.9 Å². The topological polar surface area (TPSA) is 46.6 Å². The number of ether oxygens (including phenoxy) is 1. The Morgan fingerprint density at radius 1 is 1.32 bits per heavy atom. The van der Waals surface area contributed by atoms with Crippen LogP contribution >= 0.6 is 23.4 Å². The molecule has 0 aliphatic carbocycles. The molecule has 0 saturated heterocycles. The van der Waals surface area contributed by atoms with Gasteiger partial charge in [0.05, 0.1) is 30.2 Å². The van der Waals surface area contributed by atoms with E-state index in [-0.39, 0.29) is 24.1 Å². The largest absolute Gasteiger partial charge is 0.462 e. The van der Waals surface area contributed by atoms with Gasteiger partial charge in [0.15, 0.2) is 0 Å². The predicted octanol–water partition coefficient (Wildman–Crippen LogP) is 4.29. The maximum absolute atomic E-state index is 13.2. The van der Waals surface area contributed by atoms with Crippen LogP contribution in [0.1, 0.15) is 22.8 Å². The number of hydrogen-bond donors (Lipinski definition) is 0. The highest BCUT2D eigenvalue weighted by Crippen LogP contribution is 2.37. The van der Waals surface area contributed by atoms with Gasteiger partial charge in [0.25, 0.3) is 0 Å². The maximum Gasteiger partial charge on any atom is 0.338 e. The quantitative estimate of drug-likeness (QED) is 0.743. The van der Waals surface area contributed by atoms with Crippen LogP contribution in [0.4, 0.5) is 10.1 Å². The number of amides is 1. The van der Waals surface area contributed by atoms with Crippen LogP contribution in [-0.2, 0) is 16.1 Å². The fourth-order valence-electron chi connectivity index (χ4n) is 2.54. The number of hydrogen-bond acceptors (Lipinski definition) is 4. The van der Waals surface area contributed by atoms with Crippen LogP contribution < -0.4 is 4.90 Å². The molecule has 4 nitrogen and oxygen atoms in total. The molecule has 0 saturated carbocycles. The van der Waals surface area contributed by atoms with Crippen molar-refractivity contribution in [2.75, 3.05) is 17.3 Å². The number of carbonyl (C=O) groups is 2. The Morgan fingerprint density at radius 2 is 2.12 bits per heavy atom. The third-order valence-corrected chi connectivity index (χ3v) is 5.16. The number of rotatable bonds is 4. The van der Waals surface area contributed by atoms with Crippen molar-refractivity contribution in [2.45, 2.75) is 18.4 Å². The molecule has 1 aliphatic rings. The van der Waals surface area contributed by atoms with E-state index in [1.54, 1.807) is 36.1 Å². The summed E-state index contributed by atoms with van der Waals surface area (Å²) in [5, 5.41) is 0.258. The summed E-state index contributed by atoms with van der Waals surface area (Å²) < 4.78 is 18.3. The van der Waals surface area contributed by atoms with Gasteiger partial charge in [-0.1, -0.05) is 17.7 Å². The van der Waals surface area contributed by atoms with E-state index in [9.17, 15) is 14.0 Å². The highest BCUT2D eigenvalue weighted by molar-refractivity contribution is 8.00. The number of fused-ring (bicyclic) bond motifs is 1. The first-order valence-corrected chi connectivity index (χ1v) is 9.04. The van der Waals surface area contributed by atoms with Crippen LogP contribution in [0.3, 0.4) is 0 Å². The molecular formula is C18H15ClFNO3S. The van der Waals surface area contributed by atoms with Crippen LogP contribution in [0, 0.1) is 5.82 Å². The molecule has 1 aliphatic heterocycles. The molecule has 25 heavy (non-hydrogen) atoms. The number of esters is 1. The van der Waals surface area contributed by atoms with Crippen LogP contribution in [0.15, 0.2) is 41.3 Å². The van der Waals surface area contributed by atoms with Crippen molar-refractivity contribution in [3.63, 3.8) is 0 Å². The second kappa shape index (κ2) is 7.45. The van der Waals surface area contributed by atoms with Gasteiger partial charge >= 0.3 is 5.97 Å².